The van der Waals surface area contributed by atoms with Crippen LogP contribution in [0.4, 0.5) is 0 Å². The molecule has 2 rings (SSSR count). The van der Waals surface area contributed by atoms with Crippen LogP contribution in [0, 0.1) is 11.3 Å². The van der Waals surface area contributed by atoms with E-state index in [1.54, 1.807) is 0 Å². The van der Waals surface area contributed by atoms with Gasteiger partial charge in [-0.05, 0) is 18.8 Å². The maximum atomic E-state index is 10.4. The summed E-state index contributed by atoms with van der Waals surface area (Å²) in [7, 11) is 0. The molecule has 72 valence electrons. The Kier molecular flexibility index (Phi) is 2.12. The minimum Gasteiger partial charge on any atom is -0.478 e. The zero-order chi connectivity index (χ0) is 9.31. The summed E-state index contributed by atoms with van der Waals surface area (Å²) in [4.78, 5) is 10.4. The molecule has 0 aromatic rings. The predicted octanol–water partition coefficient (Wildman–Crippen LogP) is 1.44. The summed E-state index contributed by atoms with van der Waals surface area (Å²) in [5.74, 6) is -0.192. The van der Waals surface area contributed by atoms with Gasteiger partial charge in [-0.3, -0.25) is 0 Å². The lowest BCUT2D eigenvalue weighted by atomic mass is 9.64. The lowest BCUT2D eigenvalue weighted by Crippen LogP contribution is -2.49. The van der Waals surface area contributed by atoms with Gasteiger partial charge in [0.15, 0.2) is 0 Å². The largest absolute Gasteiger partial charge is 0.478 e. The third-order valence-electron chi connectivity index (χ3n) is 3.22. The summed E-state index contributed by atoms with van der Waals surface area (Å²) in [6.45, 7) is 1.42. The lowest BCUT2D eigenvalue weighted by Gasteiger charge is -2.49. The highest BCUT2D eigenvalue weighted by molar-refractivity contribution is 5.79. The fourth-order valence-electron chi connectivity index (χ4n) is 2.03. The molecule has 1 saturated heterocycles. The Morgan fingerprint density at radius 3 is 2.46 bits per heavy atom. The minimum atomic E-state index is -0.856. The standard InChI is InChI=1S/C10H14O3/c11-9(12)4-5-10(6-13-7-10)8-2-1-3-8/h4-5,8H,1-3,6-7H2,(H,11,12)/b5-4+. The molecule has 1 N–H and O–H groups in total. The summed E-state index contributed by atoms with van der Waals surface area (Å²) in [6.07, 6.45) is 6.84. The summed E-state index contributed by atoms with van der Waals surface area (Å²) in [6, 6.07) is 0. The first-order chi connectivity index (χ1) is 6.23. The number of carboxylic acid groups (broad SMARTS) is 1. The van der Waals surface area contributed by atoms with E-state index in [0.29, 0.717) is 19.1 Å². The first kappa shape index (κ1) is 8.75. The summed E-state index contributed by atoms with van der Waals surface area (Å²) >= 11 is 0. The zero-order valence-electron chi connectivity index (χ0n) is 7.53. The van der Waals surface area contributed by atoms with Crippen molar-refractivity contribution in [2.45, 2.75) is 19.3 Å². The number of hydrogen-bond donors (Lipinski definition) is 1. The molecule has 1 aliphatic carbocycles. The molecule has 1 heterocycles. The second kappa shape index (κ2) is 3.14. The Morgan fingerprint density at radius 2 is 2.15 bits per heavy atom. The van der Waals surface area contributed by atoms with E-state index in [1.807, 2.05) is 6.08 Å². The fourth-order valence-corrected chi connectivity index (χ4v) is 2.03. The SMILES string of the molecule is O=C(O)/C=C/C1(C2CCC2)COC1. The summed E-state index contributed by atoms with van der Waals surface area (Å²) in [5.41, 5.74) is 0.0661. The molecule has 3 nitrogen and oxygen atoms in total. The maximum absolute atomic E-state index is 10.4. The smallest absolute Gasteiger partial charge is 0.328 e. The third-order valence-corrected chi connectivity index (χ3v) is 3.22. The fraction of sp³-hybridized carbons (Fsp3) is 0.700. The molecule has 13 heavy (non-hydrogen) atoms. The van der Waals surface area contributed by atoms with Crippen LogP contribution in [-0.4, -0.2) is 24.3 Å². The van der Waals surface area contributed by atoms with E-state index in [0.717, 1.165) is 0 Å². The number of carbonyl (C=O) groups is 1. The van der Waals surface area contributed by atoms with Crippen LogP contribution < -0.4 is 0 Å². The summed E-state index contributed by atoms with van der Waals surface area (Å²) < 4.78 is 5.18. The molecular formula is C10H14O3. The second-order valence-corrected chi connectivity index (χ2v) is 4.03. The van der Waals surface area contributed by atoms with E-state index >= 15 is 0 Å². The van der Waals surface area contributed by atoms with Crippen LogP contribution in [0.15, 0.2) is 12.2 Å². The van der Waals surface area contributed by atoms with Gasteiger partial charge in [0.2, 0.25) is 0 Å². The van der Waals surface area contributed by atoms with Crippen molar-refractivity contribution in [1.82, 2.24) is 0 Å². The van der Waals surface area contributed by atoms with Gasteiger partial charge in [-0.15, -0.1) is 0 Å². The van der Waals surface area contributed by atoms with Gasteiger partial charge in [0.25, 0.3) is 0 Å². The first-order valence-electron chi connectivity index (χ1n) is 4.73. The molecule has 2 fully saturated rings. The van der Waals surface area contributed by atoms with Gasteiger partial charge in [-0.2, -0.15) is 0 Å². The van der Waals surface area contributed by atoms with E-state index < -0.39 is 5.97 Å². The molecule has 0 bridgehead atoms. The van der Waals surface area contributed by atoms with Crippen LogP contribution >= 0.6 is 0 Å². The quantitative estimate of drug-likeness (QED) is 0.672. The normalized spacial score (nSPS) is 26.8. The molecule has 3 heteroatoms. The van der Waals surface area contributed by atoms with Crippen LogP contribution in [0.3, 0.4) is 0 Å². The Labute approximate surface area is 77.4 Å². The molecule has 0 aromatic heterocycles. The number of ether oxygens (including phenoxy) is 1. The van der Waals surface area contributed by atoms with Crippen molar-refractivity contribution in [3.8, 4) is 0 Å². The molecule has 2 aliphatic rings. The summed E-state index contributed by atoms with van der Waals surface area (Å²) in [5, 5.41) is 8.54. The highest BCUT2D eigenvalue weighted by Gasteiger charge is 2.45. The minimum absolute atomic E-state index is 0.0661. The van der Waals surface area contributed by atoms with Gasteiger partial charge in [-0.1, -0.05) is 12.5 Å². The highest BCUT2D eigenvalue weighted by atomic mass is 16.5. The molecule has 1 saturated carbocycles. The molecule has 0 aromatic carbocycles. The maximum Gasteiger partial charge on any atom is 0.328 e. The van der Waals surface area contributed by atoms with Gasteiger partial charge >= 0.3 is 5.97 Å². The second-order valence-electron chi connectivity index (χ2n) is 4.03. The predicted molar refractivity (Wildman–Crippen MR) is 47.4 cm³/mol. The topological polar surface area (TPSA) is 46.5 Å². The van der Waals surface area contributed by atoms with Crippen LogP contribution in [-0.2, 0) is 9.53 Å². The molecule has 0 atom stereocenters. The van der Waals surface area contributed by atoms with Crippen molar-refractivity contribution in [1.29, 1.82) is 0 Å². The Bertz CT molecular complexity index is 237. The average molecular weight is 182 g/mol. The Morgan fingerprint density at radius 1 is 1.46 bits per heavy atom. The van der Waals surface area contributed by atoms with E-state index in [4.69, 9.17) is 9.84 Å². The monoisotopic (exact) mass is 182 g/mol. The van der Waals surface area contributed by atoms with E-state index in [1.165, 1.54) is 25.3 Å². The van der Waals surface area contributed by atoms with Gasteiger partial charge in [0, 0.05) is 11.5 Å². The van der Waals surface area contributed by atoms with Crippen LogP contribution in [0.5, 0.6) is 0 Å². The van der Waals surface area contributed by atoms with Crippen LogP contribution in [0.25, 0.3) is 0 Å². The van der Waals surface area contributed by atoms with E-state index in [2.05, 4.69) is 0 Å². The van der Waals surface area contributed by atoms with Gasteiger partial charge in [0.05, 0.1) is 13.2 Å². The molecule has 0 amide bonds. The van der Waals surface area contributed by atoms with E-state index in [-0.39, 0.29) is 5.41 Å². The molecule has 0 radical (unpaired) electrons. The first-order valence-corrected chi connectivity index (χ1v) is 4.73. The van der Waals surface area contributed by atoms with Crippen molar-refractivity contribution in [3.63, 3.8) is 0 Å². The lowest BCUT2D eigenvalue weighted by molar-refractivity contribution is -0.135. The Balaban J connectivity index is 2.02. The molecule has 0 unspecified atom stereocenters. The van der Waals surface area contributed by atoms with Crippen molar-refractivity contribution in [2.24, 2.45) is 11.3 Å². The number of aliphatic carboxylic acids is 1. The van der Waals surface area contributed by atoms with Crippen molar-refractivity contribution >= 4 is 5.97 Å². The zero-order valence-corrected chi connectivity index (χ0v) is 7.53. The van der Waals surface area contributed by atoms with Crippen LogP contribution in [0.2, 0.25) is 0 Å². The Hall–Kier alpha value is -0.830. The molecule has 1 aliphatic heterocycles. The van der Waals surface area contributed by atoms with E-state index in [9.17, 15) is 4.79 Å². The van der Waals surface area contributed by atoms with Gasteiger partial charge in [0.1, 0.15) is 0 Å². The van der Waals surface area contributed by atoms with Gasteiger partial charge in [-0.25, -0.2) is 4.79 Å². The highest BCUT2D eigenvalue weighted by Crippen LogP contribution is 2.47. The number of carboxylic acids is 1. The molecular weight excluding hydrogens is 168 g/mol. The number of rotatable bonds is 3. The van der Waals surface area contributed by atoms with Gasteiger partial charge < -0.3 is 9.84 Å². The van der Waals surface area contributed by atoms with Crippen molar-refractivity contribution in [3.05, 3.63) is 12.2 Å². The third kappa shape index (κ3) is 1.48. The number of hydrogen-bond acceptors (Lipinski definition) is 2. The molecule has 0 spiro atoms. The van der Waals surface area contributed by atoms with Crippen molar-refractivity contribution in [2.75, 3.05) is 13.2 Å². The van der Waals surface area contributed by atoms with Crippen LogP contribution in [0.1, 0.15) is 19.3 Å². The average Bonchev–Trinajstić information content (AvgIpc) is 1.89. The van der Waals surface area contributed by atoms with Crippen molar-refractivity contribution < 1.29 is 14.6 Å².